The molecule has 0 unspecified atom stereocenters. The Labute approximate surface area is 347 Å². The Kier molecular flexibility index (Phi) is 10.9. The van der Waals surface area contributed by atoms with E-state index in [0.29, 0.717) is 54.2 Å². The number of rotatable bonds is 12. The zero-order valence-corrected chi connectivity index (χ0v) is 34.6. The number of fused-ring (bicyclic) bond motifs is 3. The van der Waals surface area contributed by atoms with Crippen molar-refractivity contribution < 1.29 is 28.9 Å². The number of halogens is 3. The number of aromatic nitrogens is 3. The lowest BCUT2D eigenvalue weighted by Crippen LogP contribution is -2.34. The van der Waals surface area contributed by atoms with Crippen LogP contribution in [0.15, 0.2) is 48.7 Å². The van der Waals surface area contributed by atoms with E-state index in [0.717, 1.165) is 81.5 Å². The topological polar surface area (TPSA) is 133 Å². The third-order valence-corrected chi connectivity index (χ3v) is 13.9. The molecule has 3 N–H and O–H groups in total. The third-order valence-electron chi connectivity index (χ3n) is 13.1. The van der Waals surface area contributed by atoms with Crippen molar-refractivity contribution in [1.82, 2.24) is 24.3 Å². The number of aliphatic carboxylic acids is 1. The second-order valence-electron chi connectivity index (χ2n) is 17.1. The van der Waals surface area contributed by atoms with Crippen LogP contribution in [-0.2, 0) is 31.4 Å². The highest BCUT2D eigenvalue weighted by molar-refractivity contribution is 6.39. The van der Waals surface area contributed by atoms with Crippen molar-refractivity contribution in [1.29, 1.82) is 0 Å². The number of carboxylic acid groups (broad SMARTS) is 1. The van der Waals surface area contributed by atoms with Crippen molar-refractivity contribution in [2.45, 2.75) is 77.0 Å². The first-order chi connectivity index (χ1) is 27.7. The van der Waals surface area contributed by atoms with E-state index in [2.05, 4.69) is 20.1 Å². The smallest absolute Gasteiger partial charge is 0.309 e. The molecule has 2 aromatic heterocycles. The van der Waals surface area contributed by atoms with Gasteiger partial charge in [0.05, 0.1) is 39.6 Å². The molecule has 2 aliphatic heterocycles. The molecule has 14 heteroatoms. The van der Waals surface area contributed by atoms with Crippen LogP contribution in [-0.4, -0.2) is 85.3 Å². The number of aliphatic hydroxyl groups is 1. The molecule has 3 fully saturated rings. The minimum absolute atomic E-state index is 0.0907. The Balaban J connectivity index is 0.947. The summed E-state index contributed by atoms with van der Waals surface area (Å²) in [6, 6.07) is 12.1. The summed E-state index contributed by atoms with van der Waals surface area (Å²) in [6.45, 7) is 5.99. The maximum absolute atomic E-state index is 15.8. The van der Waals surface area contributed by atoms with Crippen LogP contribution in [0.3, 0.4) is 0 Å². The number of β-amino-alcohol motifs (C(OH)–C–C–N with tert-alkyl or cyclic N) is 1. The molecule has 1 amide bonds. The molecule has 0 spiro atoms. The Morgan fingerprint density at radius 3 is 2.47 bits per heavy atom. The summed E-state index contributed by atoms with van der Waals surface area (Å²) in [5.74, 6) is -0.848. The van der Waals surface area contributed by atoms with E-state index >= 15 is 4.39 Å². The molecule has 4 aromatic rings. The van der Waals surface area contributed by atoms with E-state index in [-0.39, 0.29) is 27.0 Å². The number of amides is 1. The number of imidazole rings is 1. The lowest BCUT2D eigenvalue weighted by molar-refractivity contribution is -0.148. The van der Waals surface area contributed by atoms with Gasteiger partial charge in [-0.15, -0.1) is 0 Å². The highest BCUT2D eigenvalue weighted by atomic mass is 35.5. The zero-order chi connectivity index (χ0) is 41.0. The van der Waals surface area contributed by atoms with Crippen molar-refractivity contribution in [3.8, 4) is 16.9 Å². The number of anilines is 1. The average molecular weight is 832 g/mol. The number of benzene rings is 2. The Hall–Kier alpha value is -4.33. The maximum atomic E-state index is 15.8. The van der Waals surface area contributed by atoms with Gasteiger partial charge in [0.25, 0.3) is 5.91 Å². The normalized spacial score (nSPS) is 24.6. The lowest BCUT2D eigenvalue weighted by Gasteiger charge is -2.32. The fourth-order valence-corrected chi connectivity index (χ4v) is 10.3. The van der Waals surface area contributed by atoms with Crippen molar-refractivity contribution in [3.05, 3.63) is 92.7 Å². The summed E-state index contributed by atoms with van der Waals surface area (Å²) < 4.78 is 23.2. The lowest BCUT2D eigenvalue weighted by atomic mass is 9.80. The quantitative estimate of drug-likeness (QED) is 0.129. The maximum Gasteiger partial charge on any atom is 0.309 e. The van der Waals surface area contributed by atoms with Gasteiger partial charge in [0.15, 0.2) is 5.82 Å². The molecular weight excluding hydrogens is 782 g/mol. The van der Waals surface area contributed by atoms with Crippen LogP contribution in [0.25, 0.3) is 23.0 Å². The highest BCUT2D eigenvalue weighted by Crippen LogP contribution is 2.63. The van der Waals surface area contributed by atoms with E-state index in [4.69, 9.17) is 32.9 Å². The van der Waals surface area contributed by atoms with Crippen molar-refractivity contribution >= 4 is 52.7 Å². The number of likely N-dealkylation sites (tertiary alicyclic amines) is 1. The number of nitrogens with one attached hydrogen (secondary N) is 1. The van der Waals surface area contributed by atoms with Gasteiger partial charge in [-0.05, 0) is 81.5 Å². The summed E-state index contributed by atoms with van der Waals surface area (Å²) in [5, 5.41) is 23.7. The first-order valence-electron chi connectivity index (χ1n) is 19.9. The number of carbonyl (C=O) groups is 2. The fourth-order valence-electron chi connectivity index (χ4n) is 9.74. The average Bonchev–Trinajstić information content (AvgIpc) is 3.97. The van der Waals surface area contributed by atoms with Gasteiger partial charge in [-0.2, -0.15) is 0 Å². The molecule has 4 heterocycles. The monoisotopic (exact) mass is 830 g/mol. The molecule has 306 valence electrons. The van der Waals surface area contributed by atoms with Crippen molar-refractivity contribution in [3.63, 3.8) is 0 Å². The first-order valence-corrected chi connectivity index (χ1v) is 20.7. The third kappa shape index (κ3) is 7.77. The number of ether oxygens (including phenoxy) is 1. The predicted octanol–water partition coefficient (Wildman–Crippen LogP) is 8.26. The summed E-state index contributed by atoms with van der Waals surface area (Å²) in [5.41, 5.74) is 3.57. The number of hydrogen-bond donors (Lipinski definition) is 3. The number of carboxylic acids is 1. The molecule has 2 bridgehead atoms. The largest absolute Gasteiger partial charge is 0.496 e. The molecule has 2 saturated carbocycles. The SMILES string of the molecule is COc1cc(/C(F)=C/c2cccc(-c3cccc(NC(=O)c4nc5c(n4C)CCN(CCC46CCC(C(=O)O)(CC4)C6)C5)c3Cl)c2Cl)ncc1CN1CC[C@@](C)(O)C1. The number of carbonyl (C=O) groups excluding carboxylic acids is 1. The van der Waals surface area contributed by atoms with Gasteiger partial charge in [0, 0.05) is 80.8 Å². The van der Waals surface area contributed by atoms with Gasteiger partial charge in [-0.25, -0.2) is 9.37 Å². The van der Waals surface area contributed by atoms with Crippen LogP contribution in [0.2, 0.25) is 10.0 Å². The molecule has 0 radical (unpaired) electrons. The van der Waals surface area contributed by atoms with E-state index in [1.165, 1.54) is 13.2 Å². The molecule has 2 aliphatic carbocycles. The standard InChI is InChI=1S/C44H49Cl2FN6O5/c1-42(57)15-18-53(26-42)23-28-22-48-33(21-36(28)58-3)31(47)20-27-6-4-7-29(37(27)45)30-8-5-9-32(38(30)46)50-40(54)39-49-34-24-52(17-10-35(34)51(39)2)19-16-43-11-13-44(25-43,14-12-43)41(55)56/h4-9,20-22,57H,10-19,23-26H2,1-3H3,(H,50,54)(H,55,56)/b31-20-/t42-,43?,44?/m1/s1. The molecule has 58 heavy (non-hydrogen) atoms. The fraction of sp³-hybridized carbons (Fsp3) is 0.455. The van der Waals surface area contributed by atoms with Gasteiger partial charge in [-0.3, -0.25) is 24.4 Å². The van der Waals surface area contributed by atoms with Crippen molar-refractivity contribution in [2.24, 2.45) is 17.9 Å². The van der Waals surface area contributed by atoms with Crippen LogP contribution >= 0.6 is 23.2 Å². The molecule has 8 rings (SSSR count). The van der Waals surface area contributed by atoms with E-state index in [1.807, 2.05) is 18.5 Å². The van der Waals surface area contributed by atoms with Gasteiger partial charge >= 0.3 is 5.97 Å². The number of hydrogen-bond acceptors (Lipinski definition) is 8. The van der Waals surface area contributed by atoms with Crippen LogP contribution < -0.4 is 10.1 Å². The van der Waals surface area contributed by atoms with E-state index in [9.17, 15) is 19.8 Å². The summed E-state index contributed by atoms with van der Waals surface area (Å²) in [7, 11) is 3.39. The number of methoxy groups -OCH3 is 1. The second kappa shape index (κ2) is 15.7. The second-order valence-corrected chi connectivity index (χ2v) is 17.8. The first kappa shape index (κ1) is 40.4. The Morgan fingerprint density at radius 1 is 1.03 bits per heavy atom. The van der Waals surface area contributed by atoms with E-state index in [1.54, 1.807) is 48.7 Å². The Morgan fingerprint density at radius 2 is 1.78 bits per heavy atom. The number of pyridine rings is 1. The highest BCUT2D eigenvalue weighted by Gasteiger charge is 2.57. The van der Waals surface area contributed by atoms with Crippen molar-refractivity contribution in [2.75, 3.05) is 38.6 Å². The minimum Gasteiger partial charge on any atom is -0.496 e. The Bertz CT molecular complexity index is 2300. The van der Waals surface area contributed by atoms with Gasteiger partial charge in [-0.1, -0.05) is 53.5 Å². The number of nitrogens with zero attached hydrogens (tertiary/aromatic N) is 5. The van der Waals surface area contributed by atoms with Crippen LogP contribution in [0, 0.1) is 10.8 Å². The molecule has 1 atom stereocenters. The molecule has 1 saturated heterocycles. The minimum atomic E-state index is -0.736. The summed E-state index contributed by atoms with van der Waals surface area (Å²) in [6.07, 6.45) is 9.67. The molecular formula is C44H49Cl2FN6O5. The summed E-state index contributed by atoms with van der Waals surface area (Å²) in [4.78, 5) is 39.3. The van der Waals surface area contributed by atoms with Gasteiger partial charge < -0.3 is 24.8 Å². The van der Waals surface area contributed by atoms with Crippen LogP contribution in [0.5, 0.6) is 5.75 Å². The zero-order valence-electron chi connectivity index (χ0n) is 33.1. The molecule has 2 aromatic carbocycles. The van der Waals surface area contributed by atoms with E-state index < -0.39 is 28.7 Å². The van der Waals surface area contributed by atoms with Crippen LogP contribution in [0.1, 0.15) is 90.7 Å². The van der Waals surface area contributed by atoms with Crippen LogP contribution in [0.4, 0.5) is 10.1 Å². The molecule has 11 nitrogen and oxygen atoms in total. The van der Waals surface area contributed by atoms with Gasteiger partial charge in [0.2, 0.25) is 0 Å². The predicted molar refractivity (Wildman–Crippen MR) is 223 cm³/mol. The molecule has 4 aliphatic rings. The van der Waals surface area contributed by atoms with Gasteiger partial charge in [0.1, 0.15) is 17.3 Å². The summed E-state index contributed by atoms with van der Waals surface area (Å²) >= 11 is 13.9.